The van der Waals surface area contributed by atoms with Crippen molar-refractivity contribution in [2.75, 3.05) is 13.7 Å². The van der Waals surface area contributed by atoms with Gasteiger partial charge in [-0.25, -0.2) is 4.79 Å². The summed E-state index contributed by atoms with van der Waals surface area (Å²) in [4.78, 5) is 11.8. The van der Waals surface area contributed by atoms with Gasteiger partial charge >= 0.3 is 6.03 Å². The van der Waals surface area contributed by atoms with E-state index in [9.17, 15) is 9.90 Å². The summed E-state index contributed by atoms with van der Waals surface area (Å²) in [5, 5.41) is 15.9. The van der Waals surface area contributed by atoms with E-state index in [-0.39, 0.29) is 18.2 Å². The fraction of sp³-hybridized carbons (Fsp3) is 0.562. The zero-order valence-corrected chi connectivity index (χ0v) is 13.5. The number of carbonyl (C=O) groups excluding carboxylic acids is 1. The molecule has 0 radical (unpaired) electrons. The molecule has 0 spiro atoms. The molecule has 1 fully saturated rings. The maximum Gasteiger partial charge on any atom is 0.315 e. The van der Waals surface area contributed by atoms with Crippen LogP contribution in [0.2, 0.25) is 5.02 Å². The Kier molecular flexibility index (Phi) is 6.34. The predicted octanol–water partition coefficient (Wildman–Crippen LogP) is 2.49. The van der Waals surface area contributed by atoms with Crippen LogP contribution in [0.5, 0.6) is 5.75 Å². The van der Waals surface area contributed by atoms with E-state index in [4.69, 9.17) is 16.3 Å². The van der Waals surface area contributed by atoms with Gasteiger partial charge in [-0.3, -0.25) is 0 Å². The second kappa shape index (κ2) is 8.25. The second-order valence-electron chi connectivity index (χ2n) is 5.61. The lowest BCUT2D eigenvalue weighted by Crippen LogP contribution is -2.44. The van der Waals surface area contributed by atoms with Crippen LogP contribution in [0.25, 0.3) is 0 Å². The largest absolute Gasteiger partial charge is 0.497 e. The van der Waals surface area contributed by atoms with Crippen LogP contribution in [0.4, 0.5) is 4.79 Å². The van der Waals surface area contributed by atoms with Crippen molar-refractivity contribution < 1.29 is 14.6 Å². The zero-order valence-electron chi connectivity index (χ0n) is 12.8. The van der Waals surface area contributed by atoms with Gasteiger partial charge in [0.2, 0.25) is 0 Å². The molecule has 22 heavy (non-hydrogen) atoms. The minimum Gasteiger partial charge on any atom is -0.497 e. The molecule has 2 rings (SSSR count). The van der Waals surface area contributed by atoms with Crippen LogP contribution in [-0.4, -0.2) is 36.9 Å². The van der Waals surface area contributed by atoms with E-state index >= 15 is 0 Å². The lowest BCUT2D eigenvalue weighted by atomic mass is 9.93. The Morgan fingerprint density at radius 3 is 2.73 bits per heavy atom. The molecule has 1 aromatic carbocycles. The summed E-state index contributed by atoms with van der Waals surface area (Å²) in [5.41, 5.74) is 0.976. The van der Waals surface area contributed by atoms with Crippen molar-refractivity contribution >= 4 is 17.6 Å². The minimum absolute atomic E-state index is 0.160. The van der Waals surface area contributed by atoms with E-state index in [1.807, 2.05) is 12.1 Å². The van der Waals surface area contributed by atoms with E-state index < -0.39 is 0 Å². The Hall–Kier alpha value is -1.46. The van der Waals surface area contributed by atoms with Gasteiger partial charge in [0.1, 0.15) is 5.75 Å². The summed E-state index contributed by atoms with van der Waals surface area (Å²) in [6.45, 7) is 0.521. The molecule has 0 bridgehead atoms. The van der Waals surface area contributed by atoms with Crippen molar-refractivity contribution in [3.63, 3.8) is 0 Å². The Bertz CT molecular complexity index is 502. The zero-order chi connectivity index (χ0) is 15.9. The fourth-order valence-electron chi connectivity index (χ4n) is 2.63. The molecule has 0 aliphatic heterocycles. The van der Waals surface area contributed by atoms with Crippen LogP contribution in [0.3, 0.4) is 0 Å². The van der Waals surface area contributed by atoms with Crippen LogP contribution in [0.1, 0.15) is 31.2 Å². The van der Waals surface area contributed by atoms with E-state index in [0.717, 1.165) is 37.0 Å². The van der Waals surface area contributed by atoms with E-state index in [2.05, 4.69) is 10.6 Å². The topological polar surface area (TPSA) is 70.6 Å². The van der Waals surface area contributed by atoms with Crippen LogP contribution < -0.4 is 15.4 Å². The Morgan fingerprint density at radius 2 is 2.09 bits per heavy atom. The fourth-order valence-corrected chi connectivity index (χ4v) is 2.89. The summed E-state index contributed by atoms with van der Waals surface area (Å²) < 4.78 is 5.10. The second-order valence-corrected chi connectivity index (χ2v) is 6.02. The number of rotatable bonds is 5. The molecule has 1 aromatic rings. The smallest absolute Gasteiger partial charge is 0.315 e. The number of hydrogen-bond acceptors (Lipinski definition) is 3. The number of halogens is 1. The molecular formula is C16H23ClN2O3. The Labute approximate surface area is 136 Å². The molecule has 3 N–H and O–H groups in total. The van der Waals surface area contributed by atoms with Crippen LogP contribution in [-0.2, 0) is 6.42 Å². The van der Waals surface area contributed by atoms with Crippen molar-refractivity contribution in [1.29, 1.82) is 0 Å². The molecule has 0 saturated heterocycles. The van der Waals surface area contributed by atoms with Gasteiger partial charge in [0.25, 0.3) is 0 Å². The molecule has 6 heteroatoms. The molecule has 1 aliphatic carbocycles. The van der Waals surface area contributed by atoms with Gasteiger partial charge < -0.3 is 20.5 Å². The van der Waals surface area contributed by atoms with E-state index in [1.165, 1.54) is 0 Å². The summed E-state index contributed by atoms with van der Waals surface area (Å²) in [7, 11) is 1.60. The SMILES string of the molecule is COc1ccc(CCNC(=O)NC2CCC(O)CC2)c(Cl)c1. The number of ether oxygens (including phenoxy) is 1. The first kappa shape index (κ1) is 16.9. The van der Waals surface area contributed by atoms with Gasteiger partial charge in [0, 0.05) is 17.6 Å². The third-order valence-corrected chi connectivity index (χ3v) is 4.32. The number of benzene rings is 1. The molecule has 5 nitrogen and oxygen atoms in total. The molecule has 1 saturated carbocycles. The molecule has 2 amide bonds. The van der Waals surface area contributed by atoms with Crippen LogP contribution in [0, 0.1) is 0 Å². The maximum atomic E-state index is 11.8. The van der Waals surface area contributed by atoms with Gasteiger partial charge in [-0.05, 0) is 49.8 Å². The Balaban J connectivity index is 1.70. The van der Waals surface area contributed by atoms with E-state index in [1.54, 1.807) is 13.2 Å². The molecule has 0 aromatic heterocycles. The molecular weight excluding hydrogens is 304 g/mol. The first-order valence-corrected chi connectivity index (χ1v) is 8.01. The van der Waals surface area contributed by atoms with Gasteiger partial charge in [-0.1, -0.05) is 17.7 Å². The predicted molar refractivity (Wildman–Crippen MR) is 86.5 cm³/mol. The highest BCUT2D eigenvalue weighted by Gasteiger charge is 2.20. The normalized spacial score (nSPS) is 21.2. The molecule has 0 atom stereocenters. The average molecular weight is 327 g/mol. The molecule has 0 heterocycles. The summed E-state index contributed by atoms with van der Waals surface area (Å²) in [5.74, 6) is 0.721. The van der Waals surface area contributed by atoms with Gasteiger partial charge in [0.15, 0.2) is 0 Å². The number of hydrogen-bond donors (Lipinski definition) is 3. The van der Waals surface area contributed by atoms with Crippen molar-refractivity contribution in [2.24, 2.45) is 0 Å². The summed E-state index contributed by atoms with van der Waals surface area (Å²) in [6, 6.07) is 5.53. The molecule has 0 unspecified atom stereocenters. The highest BCUT2D eigenvalue weighted by atomic mass is 35.5. The number of aliphatic hydroxyl groups excluding tert-OH is 1. The van der Waals surface area contributed by atoms with Crippen molar-refractivity contribution in [3.05, 3.63) is 28.8 Å². The van der Waals surface area contributed by atoms with Gasteiger partial charge in [0.05, 0.1) is 13.2 Å². The lowest BCUT2D eigenvalue weighted by molar-refractivity contribution is 0.117. The van der Waals surface area contributed by atoms with E-state index in [0.29, 0.717) is 18.0 Å². The molecule has 122 valence electrons. The number of nitrogens with one attached hydrogen (secondary N) is 2. The van der Waals surface area contributed by atoms with Crippen LogP contribution in [0.15, 0.2) is 18.2 Å². The third kappa shape index (κ3) is 5.07. The quantitative estimate of drug-likeness (QED) is 0.778. The van der Waals surface area contributed by atoms with Crippen molar-refractivity contribution in [1.82, 2.24) is 10.6 Å². The first-order valence-electron chi connectivity index (χ1n) is 7.63. The highest BCUT2D eigenvalue weighted by molar-refractivity contribution is 6.31. The minimum atomic E-state index is -0.210. The van der Waals surface area contributed by atoms with Crippen molar-refractivity contribution in [3.8, 4) is 5.75 Å². The number of amides is 2. The average Bonchev–Trinajstić information content (AvgIpc) is 2.51. The van der Waals surface area contributed by atoms with Gasteiger partial charge in [-0.15, -0.1) is 0 Å². The monoisotopic (exact) mass is 326 g/mol. The first-order chi connectivity index (χ1) is 10.6. The summed E-state index contributed by atoms with van der Waals surface area (Å²) >= 11 is 6.16. The van der Waals surface area contributed by atoms with Crippen molar-refractivity contribution in [2.45, 2.75) is 44.2 Å². The maximum absolute atomic E-state index is 11.8. The third-order valence-electron chi connectivity index (χ3n) is 3.97. The van der Waals surface area contributed by atoms with Crippen LogP contribution >= 0.6 is 11.6 Å². The Morgan fingerprint density at radius 1 is 1.36 bits per heavy atom. The number of urea groups is 1. The summed E-state index contributed by atoms with van der Waals surface area (Å²) in [6.07, 6.45) is 3.63. The lowest BCUT2D eigenvalue weighted by Gasteiger charge is -2.26. The number of aliphatic hydroxyl groups is 1. The standard InChI is InChI=1S/C16H23ClN2O3/c1-22-14-7-2-11(15(17)10-14)8-9-18-16(21)19-12-3-5-13(20)6-4-12/h2,7,10,12-13,20H,3-6,8-9H2,1H3,(H2,18,19,21). The highest BCUT2D eigenvalue weighted by Crippen LogP contribution is 2.22. The number of carbonyl (C=O) groups is 1. The number of methoxy groups -OCH3 is 1. The molecule has 1 aliphatic rings. The van der Waals surface area contributed by atoms with Gasteiger partial charge in [-0.2, -0.15) is 0 Å².